The Labute approximate surface area is 148 Å². The van der Waals surface area contributed by atoms with Crippen LogP contribution in [-0.4, -0.2) is 38.3 Å². The number of piperidine rings is 1. The molecule has 2 aliphatic rings. The van der Waals surface area contributed by atoms with Gasteiger partial charge in [-0.1, -0.05) is 32.9 Å². The van der Waals surface area contributed by atoms with Gasteiger partial charge in [0.25, 0.3) is 5.91 Å². The van der Waals surface area contributed by atoms with Gasteiger partial charge in [-0.2, -0.15) is 5.10 Å². The topological polar surface area (TPSA) is 58.4 Å². The van der Waals surface area contributed by atoms with Crippen LogP contribution in [0.3, 0.4) is 0 Å². The van der Waals surface area contributed by atoms with Crippen molar-refractivity contribution in [3.05, 3.63) is 47.3 Å². The van der Waals surface area contributed by atoms with E-state index in [0.29, 0.717) is 17.9 Å². The molecular weight excluding hydrogens is 314 g/mol. The van der Waals surface area contributed by atoms with E-state index < -0.39 is 0 Å². The number of hydrogen-bond acceptors (Lipinski definition) is 3. The molecule has 1 aliphatic heterocycles. The number of benzene rings is 1. The van der Waals surface area contributed by atoms with Crippen LogP contribution >= 0.6 is 0 Å². The highest BCUT2D eigenvalue weighted by Crippen LogP contribution is 2.57. The van der Waals surface area contributed by atoms with Crippen LogP contribution in [0.4, 0.5) is 0 Å². The highest BCUT2D eigenvalue weighted by atomic mass is 16.3. The molecule has 0 saturated carbocycles. The van der Waals surface area contributed by atoms with Gasteiger partial charge < -0.3 is 10.0 Å². The van der Waals surface area contributed by atoms with E-state index in [1.807, 2.05) is 18.0 Å². The average molecular weight is 339 g/mol. The first-order valence-electron chi connectivity index (χ1n) is 8.87. The maximum absolute atomic E-state index is 13.1. The normalized spacial score (nSPS) is 27.0. The molecule has 1 aromatic heterocycles. The van der Waals surface area contributed by atoms with Gasteiger partial charge in [0.05, 0.1) is 0 Å². The van der Waals surface area contributed by atoms with E-state index in [9.17, 15) is 9.90 Å². The van der Waals surface area contributed by atoms with Crippen LogP contribution in [0.15, 0.2) is 30.5 Å². The third-order valence-corrected chi connectivity index (χ3v) is 6.82. The molecule has 25 heavy (non-hydrogen) atoms. The number of likely N-dealkylation sites (tertiary alicyclic amines) is 1. The molecule has 0 radical (unpaired) electrons. The van der Waals surface area contributed by atoms with E-state index in [0.717, 1.165) is 18.5 Å². The lowest BCUT2D eigenvalue weighted by molar-refractivity contribution is -0.0269. The first-order valence-corrected chi connectivity index (χ1v) is 8.87. The Hall–Kier alpha value is -2.30. The van der Waals surface area contributed by atoms with Crippen molar-refractivity contribution in [2.75, 3.05) is 6.54 Å². The summed E-state index contributed by atoms with van der Waals surface area (Å²) in [6.07, 6.45) is 3.36. The number of phenolic OH excluding ortho intramolecular Hbond substituents is 1. The van der Waals surface area contributed by atoms with E-state index in [-0.39, 0.29) is 22.8 Å². The van der Waals surface area contributed by atoms with E-state index >= 15 is 0 Å². The zero-order valence-corrected chi connectivity index (χ0v) is 15.3. The van der Waals surface area contributed by atoms with Gasteiger partial charge in [0, 0.05) is 31.2 Å². The number of amides is 1. The number of phenols is 1. The van der Waals surface area contributed by atoms with Crippen LogP contribution in [0.25, 0.3) is 0 Å². The van der Waals surface area contributed by atoms with Gasteiger partial charge in [0.1, 0.15) is 11.4 Å². The molecule has 2 heterocycles. The Morgan fingerprint density at radius 2 is 2.04 bits per heavy atom. The predicted molar refractivity (Wildman–Crippen MR) is 95.6 cm³/mol. The molecule has 5 heteroatoms. The lowest BCUT2D eigenvalue weighted by atomic mass is 9.51. The van der Waals surface area contributed by atoms with Crippen molar-refractivity contribution < 1.29 is 9.90 Å². The van der Waals surface area contributed by atoms with Crippen molar-refractivity contribution in [3.8, 4) is 5.75 Å². The summed E-state index contributed by atoms with van der Waals surface area (Å²) in [4.78, 5) is 15.1. The van der Waals surface area contributed by atoms with Crippen LogP contribution in [0, 0.1) is 5.41 Å². The Kier molecular flexibility index (Phi) is 3.30. The fourth-order valence-electron chi connectivity index (χ4n) is 4.85. The number of rotatable bonds is 1. The minimum atomic E-state index is -0.0868. The molecule has 2 aromatic rings. The molecule has 1 aromatic carbocycles. The van der Waals surface area contributed by atoms with E-state index in [4.69, 9.17) is 0 Å². The lowest BCUT2D eigenvalue weighted by Gasteiger charge is -2.60. The van der Waals surface area contributed by atoms with Crippen molar-refractivity contribution in [2.24, 2.45) is 12.5 Å². The second-order valence-electron chi connectivity index (χ2n) is 8.20. The summed E-state index contributed by atoms with van der Waals surface area (Å²) in [7, 11) is 1.82. The Balaban J connectivity index is 1.80. The van der Waals surface area contributed by atoms with Crippen molar-refractivity contribution >= 4 is 5.91 Å². The second kappa shape index (κ2) is 5.10. The van der Waals surface area contributed by atoms with Crippen molar-refractivity contribution in [2.45, 2.75) is 45.1 Å². The highest BCUT2D eigenvalue weighted by Gasteiger charge is 2.57. The molecule has 1 unspecified atom stereocenters. The van der Waals surface area contributed by atoms with Gasteiger partial charge in [-0.3, -0.25) is 9.48 Å². The number of aromatic nitrogens is 2. The molecule has 132 valence electrons. The molecule has 5 nitrogen and oxygen atoms in total. The minimum Gasteiger partial charge on any atom is -0.508 e. The second-order valence-corrected chi connectivity index (χ2v) is 8.20. The summed E-state index contributed by atoms with van der Waals surface area (Å²) in [5, 5.41) is 14.7. The number of nitrogens with zero attached hydrogens (tertiary/aromatic N) is 3. The minimum absolute atomic E-state index is 0.0143. The summed E-state index contributed by atoms with van der Waals surface area (Å²) < 4.78 is 1.66. The van der Waals surface area contributed by atoms with Crippen molar-refractivity contribution in [1.82, 2.24) is 14.7 Å². The Morgan fingerprint density at radius 1 is 1.28 bits per heavy atom. The number of carbonyl (C=O) groups excluding carboxylic acids is 1. The van der Waals surface area contributed by atoms with Gasteiger partial charge >= 0.3 is 0 Å². The third-order valence-electron chi connectivity index (χ3n) is 6.82. The van der Waals surface area contributed by atoms with E-state index in [2.05, 4.69) is 31.9 Å². The van der Waals surface area contributed by atoms with E-state index in [1.165, 1.54) is 5.56 Å². The molecule has 0 spiro atoms. The highest BCUT2D eigenvalue weighted by molar-refractivity contribution is 5.92. The maximum Gasteiger partial charge on any atom is 0.274 e. The van der Waals surface area contributed by atoms with Crippen molar-refractivity contribution in [3.63, 3.8) is 0 Å². The monoisotopic (exact) mass is 339 g/mol. The van der Waals surface area contributed by atoms with Gasteiger partial charge in [-0.25, -0.2) is 0 Å². The zero-order chi connectivity index (χ0) is 18.0. The van der Waals surface area contributed by atoms with Crippen LogP contribution in [0.5, 0.6) is 5.75 Å². The Morgan fingerprint density at radius 3 is 2.72 bits per heavy atom. The SMILES string of the molecule is Cn1ccc(C(=O)N2CC[C@@]3(C)c4cccc(O)c4CC2C3(C)C)n1. The van der Waals surface area contributed by atoms with Crippen molar-refractivity contribution in [1.29, 1.82) is 0 Å². The fraction of sp³-hybridized carbons (Fsp3) is 0.500. The fourth-order valence-corrected chi connectivity index (χ4v) is 4.85. The summed E-state index contributed by atoms with van der Waals surface area (Å²) >= 11 is 0. The largest absolute Gasteiger partial charge is 0.508 e. The molecule has 2 bridgehead atoms. The first kappa shape index (κ1) is 16.2. The van der Waals surface area contributed by atoms with E-state index in [1.54, 1.807) is 23.0 Å². The summed E-state index contributed by atoms with van der Waals surface area (Å²) in [5.74, 6) is 0.330. The molecule has 4 rings (SSSR count). The summed E-state index contributed by atoms with van der Waals surface area (Å²) in [6, 6.07) is 7.64. The summed E-state index contributed by atoms with van der Waals surface area (Å²) in [6.45, 7) is 7.50. The van der Waals surface area contributed by atoms with Crippen LogP contribution < -0.4 is 0 Å². The summed E-state index contributed by atoms with van der Waals surface area (Å²) in [5.41, 5.74) is 2.57. The number of hydrogen-bond donors (Lipinski definition) is 1. The quantitative estimate of drug-likeness (QED) is 0.869. The number of aryl methyl sites for hydroxylation is 1. The first-order chi connectivity index (χ1) is 11.8. The average Bonchev–Trinajstić information content (AvgIpc) is 2.98. The molecule has 1 fully saturated rings. The Bertz CT molecular complexity index is 854. The molecule has 1 N–H and O–H groups in total. The molecule has 1 aliphatic carbocycles. The molecular formula is C20H25N3O2. The lowest BCUT2D eigenvalue weighted by Crippen LogP contribution is -2.64. The van der Waals surface area contributed by atoms with Gasteiger partial charge in [0.2, 0.25) is 0 Å². The van der Waals surface area contributed by atoms with Crippen LogP contribution in [-0.2, 0) is 18.9 Å². The van der Waals surface area contributed by atoms with Gasteiger partial charge in [0.15, 0.2) is 0 Å². The number of aromatic hydroxyl groups is 1. The smallest absolute Gasteiger partial charge is 0.274 e. The maximum atomic E-state index is 13.1. The van der Waals surface area contributed by atoms with Gasteiger partial charge in [-0.15, -0.1) is 0 Å². The molecule has 2 atom stereocenters. The molecule has 1 saturated heterocycles. The van der Waals surface area contributed by atoms with Crippen LogP contribution in [0.1, 0.15) is 48.8 Å². The third kappa shape index (κ3) is 2.08. The number of carbonyl (C=O) groups is 1. The molecule has 1 amide bonds. The van der Waals surface area contributed by atoms with Crippen LogP contribution in [0.2, 0.25) is 0 Å². The number of fused-ring (bicyclic) bond motifs is 4. The standard InChI is InChI=1S/C20H25N3O2/c1-19(2)17-12-13-14(6-5-7-16(13)24)20(19,3)9-11-23(17)18(25)15-8-10-22(4)21-15/h5-8,10,17,24H,9,11-12H2,1-4H3/t17?,20-/m0/s1. The van der Waals surface area contributed by atoms with Gasteiger partial charge in [-0.05, 0) is 41.5 Å². The zero-order valence-electron chi connectivity index (χ0n) is 15.3. The predicted octanol–water partition coefficient (Wildman–Crippen LogP) is 2.88.